The Morgan fingerprint density at radius 2 is 1.59 bits per heavy atom. The van der Waals surface area contributed by atoms with Crippen LogP contribution in [0.15, 0.2) is 71.8 Å². The molecule has 1 aliphatic rings. The van der Waals surface area contributed by atoms with Crippen LogP contribution in [0.25, 0.3) is 11.1 Å². The average molecular weight is 388 g/mol. The molecule has 0 fully saturated rings. The molecule has 4 rings (SSSR count). The Morgan fingerprint density at radius 1 is 0.828 bits per heavy atom. The van der Waals surface area contributed by atoms with Gasteiger partial charge in [0, 0.05) is 11.6 Å². The minimum absolute atomic E-state index is 0.112. The van der Waals surface area contributed by atoms with E-state index in [9.17, 15) is 20.2 Å². The first-order chi connectivity index (χ1) is 14.0. The van der Waals surface area contributed by atoms with Crippen molar-refractivity contribution in [2.75, 3.05) is 5.43 Å². The molecule has 1 aliphatic carbocycles. The maximum Gasteiger partial charge on any atom is 0.301 e. The van der Waals surface area contributed by atoms with Crippen molar-refractivity contribution >= 4 is 22.8 Å². The Labute approximate surface area is 165 Å². The highest BCUT2D eigenvalue weighted by molar-refractivity contribution is 6.06. The predicted octanol–water partition coefficient (Wildman–Crippen LogP) is 4.93. The van der Waals surface area contributed by atoms with Crippen molar-refractivity contribution in [1.82, 2.24) is 0 Å². The fourth-order valence-corrected chi connectivity index (χ4v) is 3.52. The van der Waals surface area contributed by atoms with E-state index in [2.05, 4.69) is 28.7 Å². The molecule has 0 bridgehead atoms. The predicted molar refractivity (Wildman–Crippen MR) is 110 cm³/mol. The number of hydrogen-bond acceptors (Lipinski definition) is 6. The number of nitro groups is 2. The molecule has 0 saturated heterocycles. The van der Waals surface area contributed by atoms with Gasteiger partial charge in [-0.1, -0.05) is 48.5 Å². The lowest BCUT2D eigenvalue weighted by atomic mass is 9.97. The van der Waals surface area contributed by atoms with Crippen molar-refractivity contribution in [3.8, 4) is 11.1 Å². The van der Waals surface area contributed by atoms with Crippen molar-refractivity contribution in [2.24, 2.45) is 5.10 Å². The number of nitro benzene ring substituents is 2. The summed E-state index contributed by atoms with van der Waals surface area (Å²) in [6.07, 6.45) is 1.52. The molecule has 0 spiro atoms. The molecular formula is C21H16N4O4. The summed E-state index contributed by atoms with van der Waals surface area (Å²) in [4.78, 5) is 20.8. The molecule has 3 aromatic rings. The molecule has 0 atom stereocenters. The highest BCUT2D eigenvalue weighted by Gasteiger charge is 2.23. The minimum Gasteiger partial charge on any atom is -0.271 e. The zero-order chi connectivity index (χ0) is 20.4. The Hall–Kier alpha value is -4.07. The summed E-state index contributed by atoms with van der Waals surface area (Å²) in [7, 11) is 0. The van der Waals surface area contributed by atoms with E-state index in [1.165, 1.54) is 17.7 Å². The zero-order valence-corrected chi connectivity index (χ0v) is 15.2. The highest BCUT2D eigenvalue weighted by atomic mass is 16.6. The van der Waals surface area contributed by atoms with Gasteiger partial charge < -0.3 is 0 Å². The third kappa shape index (κ3) is 3.55. The molecule has 0 aromatic heterocycles. The first kappa shape index (κ1) is 18.3. The zero-order valence-electron chi connectivity index (χ0n) is 15.2. The van der Waals surface area contributed by atoms with Gasteiger partial charge in [-0.25, -0.2) is 0 Å². The van der Waals surface area contributed by atoms with Crippen LogP contribution in [0.1, 0.15) is 17.5 Å². The van der Waals surface area contributed by atoms with Gasteiger partial charge in [-0.3, -0.25) is 25.7 Å². The summed E-state index contributed by atoms with van der Waals surface area (Å²) in [5.74, 6) is 0. The lowest BCUT2D eigenvalue weighted by Crippen LogP contribution is -2.03. The second-order valence-corrected chi connectivity index (χ2v) is 6.58. The van der Waals surface area contributed by atoms with Crippen LogP contribution in [0.4, 0.5) is 17.1 Å². The molecule has 1 N–H and O–H groups in total. The molecule has 144 valence electrons. The fourth-order valence-electron chi connectivity index (χ4n) is 3.52. The van der Waals surface area contributed by atoms with Gasteiger partial charge in [-0.05, 0) is 35.6 Å². The summed E-state index contributed by atoms with van der Waals surface area (Å²) < 4.78 is 0. The summed E-state index contributed by atoms with van der Waals surface area (Å²) in [6, 6.07) is 19.6. The van der Waals surface area contributed by atoms with Crippen LogP contribution in [0.2, 0.25) is 0 Å². The molecule has 0 radical (unpaired) electrons. The Morgan fingerprint density at radius 3 is 2.31 bits per heavy atom. The van der Waals surface area contributed by atoms with Crippen molar-refractivity contribution in [3.63, 3.8) is 0 Å². The van der Waals surface area contributed by atoms with Crippen LogP contribution in [0, 0.1) is 20.2 Å². The number of hydrazone groups is 1. The third-order valence-corrected chi connectivity index (χ3v) is 4.88. The lowest BCUT2D eigenvalue weighted by molar-refractivity contribution is -0.393. The van der Waals surface area contributed by atoms with Crippen molar-refractivity contribution < 1.29 is 9.85 Å². The van der Waals surface area contributed by atoms with E-state index >= 15 is 0 Å². The van der Waals surface area contributed by atoms with Gasteiger partial charge in [0.2, 0.25) is 0 Å². The summed E-state index contributed by atoms with van der Waals surface area (Å²) in [5.41, 5.74) is 7.38. The standard InChI is InChI=1S/C21H16N4O4/c26-24(27)15-9-11-20(21(13-15)25(28)29)23-22-19-12-10-17-16(7-4-8-18(17)19)14-5-2-1-3-6-14/h1-9,11,13,23H,10,12H2. The van der Waals surface area contributed by atoms with Crippen molar-refractivity contribution in [1.29, 1.82) is 0 Å². The van der Waals surface area contributed by atoms with Crippen LogP contribution >= 0.6 is 0 Å². The van der Waals surface area contributed by atoms with Crippen LogP contribution in [0.5, 0.6) is 0 Å². The first-order valence-corrected chi connectivity index (χ1v) is 8.97. The molecule has 8 nitrogen and oxygen atoms in total. The van der Waals surface area contributed by atoms with E-state index in [0.717, 1.165) is 34.9 Å². The summed E-state index contributed by atoms with van der Waals surface area (Å²) in [5, 5.41) is 26.5. The van der Waals surface area contributed by atoms with Gasteiger partial charge in [0.15, 0.2) is 0 Å². The molecule has 29 heavy (non-hydrogen) atoms. The summed E-state index contributed by atoms with van der Waals surface area (Å²) in [6.45, 7) is 0. The van der Waals surface area contributed by atoms with E-state index in [1.54, 1.807) is 0 Å². The molecule has 0 aliphatic heterocycles. The van der Waals surface area contributed by atoms with Gasteiger partial charge in [0.1, 0.15) is 5.69 Å². The number of nitrogens with one attached hydrogen (secondary N) is 1. The Bertz CT molecular complexity index is 1140. The van der Waals surface area contributed by atoms with Crippen molar-refractivity contribution in [3.05, 3.63) is 98.1 Å². The molecule has 0 unspecified atom stereocenters. The maximum absolute atomic E-state index is 11.3. The maximum atomic E-state index is 11.3. The third-order valence-electron chi connectivity index (χ3n) is 4.88. The monoisotopic (exact) mass is 388 g/mol. The van der Waals surface area contributed by atoms with Gasteiger partial charge in [0.05, 0.1) is 21.6 Å². The molecule has 8 heteroatoms. The Kier molecular flexibility index (Phi) is 4.74. The molecular weight excluding hydrogens is 372 g/mol. The number of hydrogen-bond donors (Lipinski definition) is 1. The molecule has 0 saturated carbocycles. The van der Waals surface area contributed by atoms with E-state index < -0.39 is 9.85 Å². The van der Waals surface area contributed by atoms with Gasteiger partial charge in [-0.15, -0.1) is 0 Å². The van der Waals surface area contributed by atoms with E-state index in [1.807, 2.05) is 30.3 Å². The Balaban J connectivity index is 1.66. The minimum atomic E-state index is -0.666. The van der Waals surface area contributed by atoms with E-state index in [4.69, 9.17) is 0 Å². The fraction of sp³-hybridized carbons (Fsp3) is 0.0952. The second-order valence-electron chi connectivity index (χ2n) is 6.58. The molecule has 0 amide bonds. The van der Waals surface area contributed by atoms with Crippen molar-refractivity contribution in [2.45, 2.75) is 12.8 Å². The average Bonchev–Trinajstić information content (AvgIpc) is 3.15. The van der Waals surface area contributed by atoms with Gasteiger partial charge in [0.25, 0.3) is 5.69 Å². The number of nitrogens with zero attached hydrogens (tertiary/aromatic N) is 3. The number of non-ortho nitro benzene ring substituents is 1. The lowest BCUT2D eigenvalue weighted by Gasteiger charge is -2.08. The van der Waals surface area contributed by atoms with Crippen LogP contribution in [-0.2, 0) is 6.42 Å². The first-order valence-electron chi connectivity index (χ1n) is 8.97. The normalized spacial score (nSPS) is 13.9. The van der Waals surface area contributed by atoms with Gasteiger partial charge >= 0.3 is 5.69 Å². The van der Waals surface area contributed by atoms with E-state index in [-0.39, 0.29) is 17.1 Å². The SMILES string of the molecule is O=[N+]([O-])c1ccc(NN=C2CCc3c2cccc3-c2ccccc2)c([N+](=O)[O-])c1. The largest absolute Gasteiger partial charge is 0.301 e. The second kappa shape index (κ2) is 7.51. The topological polar surface area (TPSA) is 111 Å². The smallest absolute Gasteiger partial charge is 0.271 e. The quantitative estimate of drug-likeness (QED) is 0.492. The van der Waals surface area contributed by atoms with Crippen LogP contribution in [0.3, 0.4) is 0 Å². The van der Waals surface area contributed by atoms with E-state index in [0.29, 0.717) is 6.42 Å². The molecule has 3 aromatic carbocycles. The number of anilines is 1. The summed E-state index contributed by atoms with van der Waals surface area (Å²) >= 11 is 0. The van der Waals surface area contributed by atoms with Gasteiger partial charge in [-0.2, -0.15) is 5.10 Å². The number of rotatable bonds is 5. The molecule has 0 heterocycles. The highest BCUT2D eigenvalue weighted by Crippen LogP contribution is 2.33. The van der Waals surface area contributed by atoms with Crippen LogP contribution in [-0.4, -0.2) is 15.6 Å². The van der Waals surface area contributed by atoms with Crippen LogP contribution < -0.4 is 5.43 Å². The number of fused-ring (bicyclic) bond motifs is 1. The number of benzene rings is 3.